The van der Waals surface area contributed by atoms with Gasteiger partial charge in [-0.2, -0.15) is 0 Å². The highest BCUT2D eigenvalue weighted by Crippen LogP contribution is 1.87. The molecule has 0 rings (SSSR count). The quantitative estimate of drug-likeness (QED) is 0.333. The topological polar surface area (TPSA) is 111 Å². The lowest BCUT2D eigenvalue weighted by atomic mass is 10.4. The molecule has 0 bridgehead atoms. The van der Waals surface area contributed by atoms with E-state index in [1.165, 1.54) is 14.0 Å². The summed E-state index contributed by atoms with van der Waals surface area (Å²) >= 11 is 0. The molecule has 112 valence electrons. The lowest BCUT2D eigenvalue weighted by Crippen LogP contribution is -2.36. The maximum Gasteiger partial charge on any atom is 0.331 e. The summed E-state index contributed by atoms with van der Waals surface area (Å²) in [7, 11) is 1.20. The molecule has 8 nitrogen and oxygen atoms in total. The van der Waals surface area contributed by atoms with E-state index in [1.54, 1.807) is 0 Å². The average Bonchev–Trinajstić information content (AvgIpc) is 2.41. The first-order valence-corrected chi connectivity index (χ1v) is 5.89. The van der Waals surface area contributed by atoms with E-state index < -0.39 is 11.9 Å². The van der Waals surface area contributed by atoms with Gasteiger partial charge in [0.25, 0.3) is 0 Å². The van der Waals surface area contributed by atoms with E-state index in [9.17, 15) is 19.2 Å². The van der Waals surface area contributed by atoms with Crippen LogP contribution in [0.5, 0.6) is 0 Å². The second-order valence-electron chi connectivity index (χ2n) is 3.64. The highest BCUT2D eigenvalue weighted by atomic mass is 16.5. The van der Waals surface area contributed by atoms with E-state index >= 15 is 0 Å². The number of carbonyl (C=O) groups excluding carboxylic acids is 4. The fraction of sp³-hybridized carbons (Fsp3) is 0.500. The number of hydrogen-bond donors (Lipinski definition) is 2. The highest BCUT2D eigenvalue weighted by molar-refractivity contribution is 5.91. The first kappa shape index (κ1) is 17.6. The van der Waals surface area contributed by atoms with Crippen LogP contribution in [0.2, 0.25) is 0 Å². The molecule has 0 saturated carbocycles. The number of esters is 2. The van der Waals surface area contributed by atoms with Crippen LogP contribution in [0.25, 0.3) is 0 Å². The molecule has 2 N–H and O–H groups in total. The molecule has 0 unspecified atom stereocenters. The molecular weight excluding hydrogens is 268 g/mol. The molecule has 8 heteroatoms. The summed E-state index contributed by atoms with van der Waals surface area (Å²) in [6.07, 6.45) is 2.34. The zero-order chi connectivity index (χ0) is 15.4. The Labute approximate surface area is 116 Å². The van der Waals surface area contributed by atoms with Gasteiger partial charge in [-0.1, -0.05) is 0 Å². The van der Waals surface area contributed by atoms with Gasteiger partial charge in [0.2, 0.25) is 11.8 Å². The Kier molecular flexibility index (Phi) is 9.28. The maximum absolute atomic E-state index is 11.2. The zero-order valence-corrected chi connectivity index (χ0v) is 11.4. The van der Waals surface area contributed by atoms with Crippen molar-refractivity contribution < 1.29 is 28.7 Å². The van der Waals surface area contributed by atoms with Crippen LogP contribution in [0, 0.1) is 0 Å². The van der Waals surface area contributed by atoms with Crippen LogP contribution >= 0.6 is 0 Å². The molecule has 0 aromatic carbocycles. The molecule has 0 fully saturated rings. The number of nitrogens with one attached hydrogen (secondary N) is 2. The van der Waals surface area contributed by atoms with Crippen molar-refractivity contribution in [2.24, 2.45) is 0 Å². The number of methoxy groups -OCH3 is 1. The van der Waals surface area contributed by atoms with Crippen molar-refractivity contribution in [1.82, 2.24) is 10.6 Å². The fourth-order valence-corrected chi connectivity index (χ4v) is 0.992. The van der Waals surface area contributed by atoms with Gasteiger partial charge in [-0.25, -0.2) is 9.59 Å². The van der Waals surface area contributed by atoms with E-state index in [-0.39, 0.29) is 25.0 Å². The van der Waals surface area contributed by atoms with Crippen LogP contribution in [-0.4, -0.2) is 50.6 Å². The summed E-state index contributed by atoms with van der Waals surface area (Å²) in [6.45, 7) is 1.64. The maximum atomic E-state index is 11.2. The minimum atomic E-state index is -0.667. The van der Waals surface area contributed by atoms with Crippen molar-refractivity contribution in [3.05, 3.63) is 12.2 Å². The SMILES string of the molecule is COC(=O)/C=C/C(=O)OCCCNC(=O)CNC(C)=O. The van der Waals surface area contributed by atoms with E-state index in [0.717, 1.165) is 12.2 Å². The van der Waals surface area contributed by atoms with Gasteiger partial charge in [0.15, 0.2) is 0 Å². The molecule has 0 aliphatic heterocycles. The normalized spacial score (nSPS) is 9.90. The number of hydrogen-bond acceptors (Lipinski definition) is 6. The second-order valence-corrected chi connectivity index (χ2v) is 3.64. The molecule has 0 heterocycles. The Morgan fingerprint density at radius 2 is 1.70 bits per heavy atom. The largest absolute Gasteiger partial charge is 0.466 e. The number of amides is 2. The first-order valence-electron chi connectivity index (χ1n) is 5.89. The third-order valence-corrected chi connectivity index (χ3v) is 1.94. The summed E-state index contributed by atoms with van der Waals surface area (Å²) in [5, 5.41) is 4.88. The van der Waals surface area contributed by atoms with Crippen LogP contribution in [0.3, 0.4) is 0 Å². The lowest BCUT2D eigenvalue weighted by molar-refractivity contribution is -0.139. The fourth-order valence-electron chi connectivity index (χ4n) is 0.992. The van der Waals surface area contributed by atoms with Gasteiger partial charge in [-0.15, -0.1) is 0 Å². The summed E-state index contributed by atoms with van der Waals surface area (Å²) in [5.74, 6) is -1.92. The monoisotopic (exact) mass is 286 g/mol. The van der Waals surface area contributed by atoms with Crippen LogP contribution in [0.4, 0.5) is 0 Å². The van der Waals surface area contributed by atoms with Crippen molar-refractivity contribution >= 4 is 23.8 Å². The third kappa shape index (κ3) is 10.8. The van der Waals surface area contributed by atoms with Crippen molar-refractivity contribution in [2.45, 2.75) is 13.3 Å². The minimum Gasteiger partial charge on any atom is -0.466 e. The molecule has 20 heavy (non-hydrogen) atoms. The summed E-state index contributed by atoms with van der Waals surface area (Å²) < 4.78 is 9.06. The molecular formula is C12H18N2O6. The minimum absolute atomic E-state index is 0.0863. The van der Waals surface area contributed by atoms with Gasteiger partial charge >= 0.3 is 11.9 Å². The molecule has 0 aliphatic rings. The van der Waals surface area contributed by atoms with Crippen LogP contribution in [0.15, 0.2) is 12.2 Å². The summed E-state index contributed by atoms with van der Waals surface area (Å²) in [5.41, 5.74) is 0. The molecule has 0 aromatic heterocycles. The van der Waals surface area contributed by atoms with Gasteiger partial charge in [-0.05, 0) is 6.42 Å². The smallest absolute Gasteiger partial charge is 0.331 e. The molecule has 0 atom stereocenters. The summed E-state index contributed by atoms with van der Waals surface area (Å²) in [4.78, 5) is 43.5. The van der Waals surface area contributed by atoms with Crippen LogP contribution < -0.4 is 10.6 Å². The van der Waals surface area contributed by atoms with E-state index in [4.69, 9.17) is 4.74 Å². The number of rotatable bonds is 8. The molecule has 0 saturated heterocycles. The first-order chi connectivity index (χ1) is 9.45. The van der Waals surface area contributed by atoms with Crippen molar-refractivity contribution in [3.63, 3.8) is 0 Å². The van der Waals surface area contributed by atoms with Gasteiger partial charge in [0.05, 0.1) is 20.3 Å². The summed E-state index contributed by atoms with van der Waals surface area (Å²) in [6, 6.07) is 0. The zero-order valence-electron chi connectivity index (χ0n) is 11.4. The number of ether oxygens (including phenoxy) is 2. The predicted octanol–water partition coefficient (Wildman–Crippen LogP) is -1.10. The molecule has 0 spiro atoms. The van der Waals surface area contributed by atoms with Crippen LogP contribution in [-0.2, 0) is 28.7 Å². The Hall–Kier alpha value is -2.38. The Balaban J connectivity index is 3.59. The van der Waals surface area contributed by atoms with Gasteiger partial charge in [-0.3, -0.25) is 9.59 Å². The van der Waals surface area contributed by atoms with E-state index in [1.807, 2.05) is 0 Å². The highest BCUT2D eigenvalue weighted by Gasteiger charge is 2.02. The van der Waals surface area contributed by atoms with Gasteiger partial charge in [0, 0.05) is 25.6 Å². The Morgan fingerprint density at radius 3 is 2.30 bits per heavy atom. The average molecular weight is 286 g/mol. The second kappa shape index (κ2) is 10.5. The molecule has 0 aromatic rings. The standard InChI is InChI=1S/C12H18N2O6/c1-9(15)14-8-10(16)13-6-3-7-20-12(18)5-4-11(17)19-2/h4-5H,3,6-8H2,1-2H3,(H,13,16)(H,14,15)/b5-4+. The van der Waals surface area contributed by atoms with Crippen molar-refractivity contribution in [1.29, 1.82) is 0 Å². The number of carbonyl (C=O) groups is 4. The predicted molar refractivity (Wildman–Crippen MR) is 68.4 cm³/mol. The lowest BCUT2D eigenvalue weighted by Gasteiger charge is -2.05. The van der Waals surface area contributed by atoms with E-state index in [2.05, 4.69) is 15.4 Å². The van der Waals surface area contributed by atoms with Crippen molar-refractivity contribution in [3.8, 4) is 0 Å². The van der Waals surface area contributed by atoms with Crippen molar-refractivity contribution in [2.75, 3.05) is 26.8 Å². The van der Waals surface area contributed by atoms with Gasteiger partial charge in [0.1, 0.15) is 0 Å². The van der Waals surface area contributed by atoms with Crippen LogP contribution in [0.1, 0.15) is 13.3 Å². The van der Waals surface area contributed by atoms with E-state index in [0.29, 0.717) is 13.0 Å². The third-order valence-electron chi connectivity index (χ3n) is 1.94. The van der Waals surface area contributed by atoms with Gasteiger partial charge < -0.3 is 20.1 Å². The Morgan fingerprint density at radius 1 is 1.05 bits per heavy atom. The Bertz CT molecular complexity index is 391. The molecule has 2 amide bonds. The molecule has 0 radical (unpaired) electrons. The molecule has 0 aliphatic carbocycles.